The van der Waals surface area contributed by atoms with Gasteiger partial charge in [0.05, 0.1) is 0 Å². The van der Waals surface area contributed by atoms with Gasteiger partial charge in [-0.2, -0.15) is 0 Å². The molecular weight excluding hydrogens is 479 g/mol. The molecule has 0 saturated heterocycles. The van der Waals surface area contributed by atoms with Crippen LogP contribution in [0.3, 0.4) is 0 Å². The van der Waals surface area contributed by atoms with Gasteiger partial charge in [-0.1, -0.05) is 32.0 Å². The molecule has 0 atom stereocenters. The molecule has 1 aromatic rings. The number of carbonyl (C=O) groups excluding carboxylic acids is 1. The number of anilines is 1. The van der Waals surface area contributed by atoms with Crippen molar-refractivity contribution in [3.05, 3.63) is 29.8 Å². The number of nitrogens with one attached hydrogen (secondary N) is 2. The summed E-state index contributed by atoms with van der Waals surface area (Å²) in [5, 5.41) is 16.0. The van der Waals surface area contributed by atoms with Crippen molar-refractivity contribution in [3.63, 3.8) is 0 Å². The third-order valence-corrected chi connectivity index (χ3v) is 5.90. The fourth-order valence-electron chi connectivity index (χ4n) is 3.82. The Bertz CT molecular complexity index is 662. The lowest BCUT2D eigenvalue weighted by molar-refractivity contribution is -0.117. The zero-order chi connectivity index (χ0) is 20.4. The Morgan fingerprint density at radius 1 is 1.21 bits per heavy atom. The molecule has 3 N–H and O–H groups in total. The number of halogens is 1. The van der Waals surface area contributed by atoms with Gasteiger partial charge in [-0.25, -0.2) is 4.99 Å². The van der Waals surface area contributed by atoms with E-state index in [9.17, 15) is 9.90 Å². The average Bonchev–Trinajstić information content (AvgIpc) is 2.74. The number of carbonyl (C=O) groups is 1. The van der Waals surface area contributed by atoms with Gasteiger partial charge in [-0.05, 0) is 56.1 Å². The smallest absolute Gasteiger partial charge is 0.248 e. The molecule has 1 heterocycles. The van der Waals surface area contributed by atoms with E-state index in [4.69, 9.17) is 0 Å². The van der Waals surface area contributed by atoms with E-state index in [0.717, 1.165) is 57.4 Å². The van der Waals surface area contributed by atoms with Crippen LogP contribution < -0.4 is 15.5 Å². The van der Waals surface area contributed by atoms with E-state index < -0.39 is 0 Å². The molecular formula is C22H37IN4O2. The summed E-state index contributed by atoms with van der Waals surface area (Å²) in [5.74, 6) is 0.683. The molecule has 0 fully saturated rings. The number of benzene rings is 1. The minimum atomic E-state index is 0. The van der Waals surface area contributed by atoms with Crippen molar-refractivity contribution >= 4 is 41.5 Å². The molecule has 2 rings (SSSR count). The number of fused-ring (bicyclic) bond motifs is 1. The van der Waals surface area contributed by atoms with Gasteiger partial charge in [-0.15, -0.1) is 24.0 Å². The standard InChI is InChI=1S/C22H36N4O2.HI/c1-4-22(5-2,13-15-27)17-25-21(23-6-3)24-16-20(28)26-14-9-11-18-10-7-8-12-19(18)26;/h7-8,10,12,27H,4-6,9,11,13-17H2,1-3H3,(H2,23,24,25);1H. The number of hydrogen-bond donors (Lipinski definition) is 3. The highest BCUT2D eigenvalue weighted by molar-refractivity contribution is 14.0. The molecule has 0 unspecified atom stereocenters. The summed E-state index contributed by atoms with van der Waals surface area (Å²) >= 11 is 0. The first-order valence-electron chi connectivity index (χ1n) is 10.6. The third-order valence-electron chi connectivity index (χ3n) is 5.90. The van der Waals surface area contributed by atoms with Crippen molar-refractivity contribution in [2.24, 2.45) is 10.4 Å². The minimum Gasteiger partial charge on any atom is -0.396 e. The van der Waals surface area contributed by atoms with Gasteiger partial charge in [0.1, 0.15) is 6.54 Å². The maximum absolute atomic E-state index is 12.8. The summed E-state index contributed by atoms with van der Waals surface area (Å²) in [6.07, 6.45) is 4.74. The number of hydrogen-bond acceptors (Lipinski definition) is 3. The molecule has 1 aliphatic heterocycles. The van der Waals surface area contributed by atoms with E-state index in [-0.39, 0.29) is 48.5 Å². The van der Waals surface area contributed by atoms with Crippen molar-refractivity contribution in [3.8, 4) is 0 Å². The van der Waals surface area contributed by atoms with Crippen molar-refractivity contribution in [2.45, 2.75) is 52.9 Å². The lowest BCUT2D eigenvalue weighted by Gasteiger charge is -2.32. The Morgan fingerprint density at radius 3 is 2.59 bits per heavy atom. The average molecular weight is 516 g/mol. The molecule has 7 heteroatoms. The van der Waals surface area contributed by atoms with Crippen LogP contribution in [0, 0.1) is 5.41 Å². The predicted molar refractivity (Wildman–Crippen MR) is 131 cm³/mol. The maximum atomic E-state index is 12.8. The second kappa shape index (κ2) is 13.1. The molecule has 1 aromatic carbocycles. The van der Waals surface area contributed by atoms with Gasteiger partial charge in [0.2, 0.25) is 5.91 Å². The Morgan fingerprint density at radius 2 is 1.93 bits per heavy atom. The highest BCUT2D eigenvalue weighted by Gasteiger charge is 2.26. The van der Waals surface area contributed by atoms with Crippen LogP contribution in [0.25, 0.3) is 0 Å². The first-order chi connectivity index (χ1) is 13.6. The summed E-state index contributed by atoms with van der Waals surface area (Å²) in [6, 6.07) is 8.12. The van der Waals surface area contributed by atoms with Crippen molar-refractivity contribution in [1.82, 2.24) is 10.6 Å². The predicted octanol–water partition coefficient (Wildman–Crippen LogP) is 3.33. The monoisotopic (exact) mass is 516 g/mol. The summed E-state index contributed by atoms with van der Waals surface area (Å²) in [6.45, 7) is 8.84. The summed E-state index contributed by atoms with van der Waals surface area (Å²) in [4.78, 5) is 19.2. The van der Waals surface area contributed by atoms with Crippen LogP contribution in [0.15, 0.2) is 29.3 Å². The van der Waals surface area contributed by atoms with E-state index in [1.165, 1.54) is 5.56 Å². The quantitative estimate of drug-likeness (QED) is 0.268. The van der Waals surface area contributed by atoms with Crippen LogP contribution in [0.4, 0.5) is 5.69 Å². The number of rotatable bonds is 9. The van der Waals surface area contributed by atoms with E-state index in [2.05, 4.69) is 35.5 Å². The Hall–Kier alpha value is -1.35. The number of guanidine groups is 1. The molecule has 0 saturated carbocycles. The number of para-hydroxylation sites is 1. The first-order valence-corrected chi connectivity index (χ1v) is 10.6. The van der Waals surface area contributed by atoms with Crippen LogP contribution in [0.5, 0.6) is 0 Å². The van der Waals surface area contributed by atoms with Crippen LogP contribution in [-0.2, 0) is 11.2 Å². The largest absolute Gasteiger partial charge is 0.396 e. The highest BCUT2D eigenvalue weighted by Crippen LogP contribution is 2.29. The van der Waals surface area contributed by atoms with E-state index >= 15 is 0 Å². The second-order valence-electron chi connectivity index (χ2n) is 7.51. The topological polar surface area (TPSA) is 77.0 Å². The number of nitrogens with zero attached hydrogens (tertiary/aromatic N) is 2. The van der Waals surface area contributed by atoms with Gasteiger partial charge >= 0.3 is 0 Å². The van der Waals surface area contributed by atoms with Crippen molar-refractivity contribution in [2.75, 3.05) is 37.7 Å². The molecule has 0 bridgehead atoms. The normalized spacial score (nSPS) is 14.1. The Labute approximate surface area is 192 Å². The van der Waals surface area contributed by atoms with Gasteiger partial charge in [-0.3, -0.25) is 4.79 Å². The second-order valence-corrected chi connectivity index (χ2v) is 7.51. The molecule has 1 amide bonds. The van der Waals surface area contributed by atoms with Crippen LogP contribution in [0.1, 0.15) is 52.0 Å². The van der Waals surface area contributed by atoms with E-state index in [0.29, 0.717) is 5.96 Å². The van der Waals surface area contributed by atoms with Gasteiger partial charge < -0.3 is 20.6 Å². The molecule has 0 aliphatic carbocycles. The number of aryl methyl sites for hydroxylation is 1. The number of aliphatic hydroxyl groups is 1. The summed E-state index contributed by atoms with van der Waals surface area (Å²) in [5.41, 5.74) is 2.29. The van der Waals surface area contributed by atoms with Gasteiger partial charge in [0.25, 0.3) is 0 Å². The number of amides is 1. The number of aliphatic imine (C=N–C) groups is 1. The van der Waals surface area contributed by atoms with Crippen LogP contribution in [-0.4, -0.2) is 49.8 Å². The minimum absolute atomic E-state index is 0. The van der Waals surface area contributed by atoms with Crippen molar-refractivity contribution in [1.29, 1.82) is 0 Å². The SMILES string of the molecule is CCNC(=NCC(=O)N1CCCc2ccccc21)NCC(CC)(CC)CCO.I. The zero-order valence-corrected chi connectivity index (χ0v) is 20.4. The van der Waals surface area contributed by atoms with Gasteiger partial charge in [0, 0.05) is 31.9 Å². The lowest BCUT2D eigenvalue weighted by atomic mass is 9.79. The molecule has 6 nitrogen and oxygen atoms in total. The Kier molecular flexibility index (Phi) is 11.6. The first kappa shape index (κ1) is 25.7. The lowest BCUT2D eigenvalue weighted by Crippen LogP contribution is -2.44. The summed E-state index contributed by atoms with van der Waals surface area (Å²) in [7, 11) is 0. The molecule has 0 spiro atoms. The molecule has 164 valence electrons. The third kappa shape index (κ3) is 7.13. The van der Waals surface area contributed by atoms with E-state index in [1.54, 1.807) is 0 Å². The van der Waals surface area contributed by atoms with Crippen LogP contribution in [0.2, 0.25) is 0 Å². The fourth-order valence-corrected chi connectivity index (χ4v) is 3.82. The van der Waals surface area contributed by atoms with E-state index in [1.807, 2.05) is 30.0 Å². The number of aliphatic hydroxyl groups excluding tert-OH is 1. The maximum Gasteiger partial charge on any atom is 0.248 e. The fraction of sp³-hybridized carbons (Fsp3) is 0.636. The van der Waals surface area contributed by atoms with Crippen molar-refractivity contribution < 1.29 is 9.90 Å². The Balaban J connectivity index is 0.00000420. The van der Waals surface area contributed by atoms with Crippen LogP contribution >= 0.6 is 24.0 Å². The van der Waals surface area contributed by atoms with Gasteiger partial charge in [0.15, 0.2) is 5.96 Å². The molecule has 1 aliphatic rings. The summed E-state index contributed by atoms with van der Waals surface area (Å²) < 4.78 is 0. The highest BCUT2D eigenvalue weighted by atomic mass is 127. The molecule has 0 radical (unpaired) electrons. The molecule has 0 aromatic heterocycles. The molecule has 29 heavy (non-hydrogen) atoms. The zero-order valence-electron chi connectivity index (χ0n) is 18.0.